The number of imide groups is 1. The molecule has 0 spiro atoms. The Balaban J connectivity index is 1.31. The van der Waals surface area contributed by atoms with Crippen molar-refractivity contribution in [3.8, 4) is 11.5 Å². The Morgan fingerprint density at radius 1 is 1.25 bits per heavy atom. The third-order valence-corrected chi connectivity index (χ3v) is 8.03. The summed E-state index contributed by atoms with van der Waals surface area (Å²) in [5.74, 6) is -1.80. The van der Waals surface area contributed by atoms with Gasteiger partial charge in [-0.1, -0.05) is 29.8 Å². The summed E-state index contributed by atoms with van der Waals surface area (Å²) in [6, 6.07) is 7.02. The zero-order valence-corrected chi connectivity index (χ0v) is 21.3. The number of nitrogens with one attached hydrogen (secondary N) is 1. The van der Waals surface area contributed by atoms with Gasteiger partial charge in [0.05, 0.1) is 25.2 Å². The van der Waals surface area contributed by atoms with Gasteiger partial charge in [-0.3, -0.25) is 14.4 Å². The van der Waals surface area contributed by atoms with Crippen molar-refractivity contribution in [3.63, 3.8) is 0 Å². The van der Waals surface area contributed by atoms with E-state index in [4.69, 9.17) is 21.1 Å². The molecule has 1 N–H and O–H groups in total. The predicted molar refractivity (Wildman–Crippen MR) is 133 cm³/mol. The maximum Gasteiger partial charge on any atom is 0.262 e. The first-order valence-electron chi connectivity index (χ1n) is 11.1. The number of benzene rings is 2. The van der Waals surface area contributed by atoms with Crippen molar-refractivity contribution in [2.45, 2.75) is 6.42 Å². The average Bonchev–Trinajstić information content (AvgIpc) is 3.53. The van der Waals surface area contributed by atoms with Crippen molar-refractivity contribution < 1.29 is 28.2 Å². The van der Waals surface area contributed by atoms with Crippen LogP contribution in [-0.2, 0) is 14.4 Å². The van der Waals surface area contributed by atoms with Crippen molar-refractivity contribution >= 4 is 57.2 Å². The molecule has 2 bridgehead atoms. The number of nitrogens with zero attached hydrogens (tertiary/aromatic N) is 2. The Bertz CT molecular complexity index is 1300. The molecule has 1 saturated heterocycles. The van der Waals surface area contributed by atoms with Gasteiger partial charge in [-0.25, -0.2) is 4.39 Å². The number of hydrogen-bond donors (Lipinski definition) is 1. The molecular formula is C25H20BrClFN3O5. The number of hydrazone groups is 1. The van der Waals surface area contributed by atoms with E-state index in [0.717, 1.165) is 11.4 Å². The van der Waals surface area contributed by atoms with Crippen LogP contribution >= 0.6 is 27.5 Å². The monoisotopic (exact) mass is 575 g/mol. The number of allylic oxidation sites excluding steroid dienone is 2. The van der Waals surface area contributed by atoms with Crippen molar-refractivity contribution in [1.29, 1.82) is 0 Å². The third-order valence-electron chi connectivity index (χ3n) is 6.59. The van der Waals surface area contributed by atoms with Crippen LogP contribution in [0, 0.1) is 29.5 Å². The smallest absolute Gasteiger partial charge is 0.262 e. The molecule has 3 amide bonds. The van der Waals surface area contributed by atoms with Crippen LogP contribution in [0.3, 0.4) is 0 Å². The lowest BCUT2D eigenvalue weighted by molar-refractivity contribution is -0.140. The van der Waals surface area contributed by atoms with Crippen LogP contribution in [0.2, 0.25) is 5.02 Å². The summed E-state index contributed by atoms with van der Waals surface area (Å²) in [6.45, 7) is -0.414. The lowest BCUT2D eigenvalue weighted by Gasteiger charge is -2.15. The van der Waals surface area contributed by atoms with Gasteiger partial charge in [0.1, 0.15) is 10.8 Å². The fraction of sp³-hybridized carbons (Fsp3) is 0.280. The molecule has 1 aliphatic heterocycles. The molecular weight excluding hydrogens is 557 g/mol. The quantitative estimate of drug-likeness (QED) is 0.299. The van der Waals surface area contributed by atoms with E-state index in [9.17, 15) is 18.8 Å². The normalized spacial score (nSPS) is 24.1. The summed E-state index contributed by atoms with van der Waals surface area (Å²) in [5, 5.41) is 7.74. The second-order valence-corrected chi connectivity index (χ2v) is 9.88. The Kier molecular flexibility index (Phi) is 6.57. The molecule has 36 heavy (non-hydrogen) atoms. The lowest BCUT2D eigenvalue weighted by Crippen LogP contribution is -2.28. The highest BCUT2D eigenvalue weighted by atomic mass is 79.9. The minimum atomic E-state index is -0.527. The average molecular weight is 577 g/mol. The molecule has 2 fully saturated rings. The molecule has 3 aliphatic rings. The van der Waals surface area contributed by atoms with Crippen LogP contribution in [-0.4, -0.2) is 42.7 Å². The minimum absolute atomic E-state index is 0.0903. The highest BCUT2D eigenvalue weighted by Crippen LogP contribution is 2.52. The Hall–Kier alpha value is -3.24. The summed E-state index contributed by atoms with van der Waals surface area (Å²) in [5.41, 5.74) is 0.723. The van der Waals surface area contributed by atoms with E-state index >= 15 is 0 Å². The fourth-order valence-corrected chi connectivity index (χ4v) is 5.66. The second-order valence-electron chi connectivity index (χ2n) is 8.71. The van der Waals surface area contributed by atoms with Gasteiger partial charge in [0.2, 0.25) is 0 Å². The predicted octanol–water partition coefficient (Wildman–Crippen LogP) is 4.41. The first-order chi connectivity index (χ1) is 17.3. The van der Waals surface area contributed by atoms with Gasteiger partial charge in [-0.15, -0.1) is 0 Å². The summed E-state index contributed by atoms with van der Waals surface area (Å²) < 4.78 is 24.7. The van der Waals surface area contributed by atoms with Crippen LogP contribution in [0.1, 0.15) is 12.0 Å². The van der Waals surface area contributed by atoms with Gasteiger partial charge in [0.25, 0.3) is 17.7 Å². The van der Waals surface area contributed by atoms with Gasteiger partial charge in [0, 0.05) is 15.7 Å². The number of halogens is 3. The minimum Gasteiger partial charge on any atom is -0.493 e. The molecule has 4 atom stereocenters. The molecule has 0 radical (unpaired) electrons. The maximum atomic E-state index is 13.3. The van der Waals surface area contributed by atoms with E-state index in [0.29, 0.717) is 10.0 Å². The SMILES string of the molecule is COc1cc(C=NN2C(=O)[C@@H]3[C@H](C2=O)[C@H]2C=C[C@H]3C2)c(Br)c(Cl)c1OCC(=O)Nc1cccc(F)c1. The van der Waals surface area contributed by atoms with E-state index in [-0.39, 0.29) is 57.7 Å². The molecule has 2 aromatic rings. The summed E-state index contributed by atoms with van der Waals surface area (Å²) >= 11 is 9.85. The van der Waals surface area contributed by atoms with E-state index in [1.165, 1.54) is 31.5 Å². The van der Waals surface area contributed by atoms with Crippen LogP contribution in [0.25, 0.3) is 0 Å². The van der Waals surface area contributed by atoms with Crippen molar-refractivity contribution in [3.05, 3.63) is 63.4 Å². The van der Waals surface area contributed by atoms with Crippen LogP contribution in [0.5, 0.6) is 11.5 Å². The molecule has 1 heterocycles. The fourth-order valence-electron chi connectivity index (χ4n) is 5.01. The highest BCUT2D eigenvalue weighted by Gasteiger charge is 2.59. The van der Waals surface area contributed by atoms with Gasteiger partial charge < -0.3 is 14.8 Å². The number of fused-ring (bicyclic) bond motifs is 5. The Morgan fingerprint density at radius 3 is 2.58 bits per heavy atom. The van der Waals surface area contributed by atoms with Gasteiger partial charge >= 0.3 is 0 Å². The van der Waals surface area contributed by atoms with Crippen molar-refractivity contribution in [1.82, 2.24) is 5.01 Å². The molecule has 8 nitrogen and oxygen atoms in total. The maximum absolute atomic E-state index is 13.3. The highest BCUT2D eigenvalue weighted by molar-refractivity contribution is 9.10. The van der Waals surface area contributed by atoms with Crippen molar-refractivity contribution in [2.24, 2.45) is 28.8 Å². The molecule has 2 aromatic carbocycles. The molecule has 11 heteroatoms. The summed E-state index contributed by atoms with van der Waals surface area (Å²) in [6.07, 6.45) is 6.22. The third kappa shape index (κ3) is 4.28. The van der Waals surface area contributed by atoms with E-state index in [1.54, 1.807) is 12.1 Å². The van der Waals surface area contributed by atoms with Crippen LogP contribution in [0.4, 0.5) is 10.1 Å². The second kappa shape index (κ2) is 9.67. The number of anilines is 1. The lowest BCUT2D eigenvalue weighted by atomic mass is 9.85. The Labute approximate surface area is 219 Å². The standard InChI is InChI=1S/C25H20BrClFN3O5/c1-35-17-8-14(10-29-31-24(33)19-12-5-6-13(7-12)20(19)25(31)34)21(26)22(27)23(17)36-11-18(32)30-16-4-2-3-15(28)9-16/h2-6,8-10,12-13,19-20H,7,11H2,1H3,(H,30,32)/t12-,13-,19-,20+/m0/s1. The van der Waals surface area contributed by atoms with E-state index in [2.05, 4.69) is 26.3 Å². The van der Waals surface area contributed by atoms with E-state index < -0.39 is 18.3 Å². The first kappa shape index (κ1) is 24.5. The zero-order valence-electron chi connectivity index (χ0n) is 18.9. The zero-order chi connectivity index (χ0) is 25.6. The number of rotatable bonds is 7. The summed E-state index contributed by atoms with van der Waals surface area (Å²) in [7, 11) is 1.40. The number of amides is 3. The van der Waals surface area contributed by atoms with Gasteiger partial charge in [0.15, 0.2) is 18.1 Å². The molecule has 0 unspecified atom stereocenters. The molecule has 1 saturated carbocycles. The molecule has 186 valence electrons. The van der Waals surface area contributed by atoms with Gasteiger partial charge in [-0.2, -0.15) is 10.1 Å². The Morgan fingerprint density at radius 2 is 1.94 bits per heavy atom. The van der Waals surface area contributed by atoms with E-state index in [1.807, 2.05) is 12.2 Å². The summed E-state index contributed by atoms with van der Waals surface area (Å²) in [4.78, 5) is 38.0. The number of carbonyl (C=O) groups excluding carboxylic acids is 3. The topological polar surface area (TPSA) is 97.3 Å². The van der Waals surface area contributed by atoms with Crippen LogP contribution < -0.4 is 14.8 Å². The molecule has 2 aliphatic carbocycles. The largest absolute Gasteiger partial charge is 0.493 e. The molecule has 0 aromatic heterocycles. The number of methoxy groups -OCH3 is 1. The number of carbonyl (C=O) groups is 3. The first-order valence-corrected chi connectivity index (χ1v) is 12.3. The van der Waals surface area contributed by atoms with Crippen molar-refractivity contribution in [2.75, 3.05) is 19.0 Å². The van der Waals surface area contributed by atoms with Crippen LogP contribution in [0.15, 0.2) is 52.1 Å². The number of hydrogen-bond acceptors (Lipinski definition) is 6. The van der Waals surface area contributed by atoms with Gasteiger partial charge in [-0.05, 0) is 58.5 Å². The number of ether oxygens (including phenoxy) is 2. The molecule has 5 rings (SSSR count).